The molecule has 24 heavy (non-hydrogen) atoms. The van der Waals surface area contributed by atoms with Crippen LogP contribution in [-0.2, 0) is 9.53 Å². The highest BCUT2D eigenvalue weighted by molar-refractivity contribution is 5.79. The summed E-state index contributed by atoms with van der Waals surface area (Å²) in [6.45, 7) is 6.97. The number of β-amino-alcohol motifs (C(OH)–C–C–N with tert-alkyl or cyclic N) is 1. The first-order valence-electron chi connectivity index (χ1n) is 9.75. The summed E-state index contributed by atoms with van der Waals surface area (Å²) in [7, 11) is 0. The Hall–Kier alpha value is -0.690. The van der Waals surface area contributed by atoms with Crippen LogP contribution in [0, 0.1) is 5.92 Å². The van der Waals surface area contributed by atoms with Crippen LogP contribution in [-0.4, -0.2) is 96.4 Å². The summed E-state index contributed by atoms with van der Waals surface area (Å²) >= 11 is 0. The highest BCUT2D eigenvalue weighted by atomic mass is 16.5. The van der Waals surface area contributed by atoms with Crippen molar-refractivity contribution in [2.75, 3.05) is 52.5 Å². The van der Waals surface area contributed by atoms with Crippen molar-refractivity contribution < 1.29 is 14.6 Å². The van der Waals surface area contributed by atoms with E-state index < -0.39 is 0 Å². The fourth-order valence-electron chi connectivity index (χ4n) is 4.73. The van der Waals surface area contributed by atoms with Gasteiger partial charge in [-0.3, -0.25) is 14.6 Å². The lowest BCUT2D eigenvalue weighted by atomic mass is 9.84. The average Bonchev–Trinajstić information content (AvgIpc) is 2.96. The molecule has 4 fully saturated rings. The number of rotatable bonds is 3. The van der Waals surface area contributed by atoms with Crippen LogP contribution in [0.5, 0.6) is 0 Å². The summed E-state index contributed by atoms with van der Waals surface area (Å²) < 4.78 is 5.43. The summed E-state index contributed by atoms with van der Waals surface area (Å²) in [4.78, 5) is 19.3. The molecule has 4 aliphatic rings. The zero-order valence-electron chi connectivity index (χ0n) is 14.6. The van der Waals surface area contributed by atoms with Gasteiger partial charge in [-0.25, -0.2) is 0 Å². The maximum Gasteiger partial charge on any atom is 0.225 e. The molecule has 0 aromatic heterocycles. The Bertz CT molecular complexity index is 443. The molecule has 1 saturated carbocycles. The molecule has 0 bridgehead atoms. The predicted molar refractivity (Wildman–Crippen MR) is 90.7 cm³/mol. The third-order valence-corrected chi connectivity index (χ3v) is 6.55. The van der Waals surface area contributed by atoms with E-state index in [1.807, 2.05) is 0 Å². The van der Waals surface area contributed by atoms with E-state index in [1.54, 1.807) is 0 Å². The van der Waals surface area contributed by atoms with Crippen LogP contribution < -0.4 is 0 Å². The number of aliphatic hydroxyl groups is 1. The Morgan fingerprint density at radius 2 is 1.62 bits per heavy atom. The number of hydrogen-bond donors (Lipinski definition) is 1. The fraction of sp³-hybridized carbons (Fsp3) is 0.944. The number of piperidine rings is 1. The van der Waals surface area contributed by atoms with E-state index in [4.69, 9.17) is 4.74 Å². The van der Waals surface area contributed by atoms with Gasteiger partial charge >= 0.3 is 0 Å². The molecule has 0 aromatic rings. The van der Waals surface area contributed by atoms with Gasteiger partial charge in [0.2, 0.25) is 5.91 Å². The third kappa shape index (κ3) is 3.34. The molecule has 1 aliphatic carbocycles. The van der Waals surface area contributed by atoms with Gasteiger partial charge in [0.25, 0.3) is 0 Å². The van der Waals surface area contributed by atoms with Crippen molar-refractivity contribution in [3.8, 4) is 0 Å². The van der Waals surface area contributed by atoms with Crippen LogP contribution >= 0.6 is 0 Å². The van der Waals surface area contributed by atoms with Crippen LogP contribution in [0.15, 0.2) is 0 Å². The van der Waals surface area contributed by atoms with Crippen LogP contribution in [0.1, 0.15) is 32.1 Å². The topological polar surface area (TPSA) is 56.2 Å². The molecule has 6 heteroatoms. The van der Waals surface area contributed by atoms with Gasteiger partial charge < -0.3 is 14.7 Å². The largest absolute Gasteiger partial charge is 0.390 e. The number of carbonyl (C=O) groups excluding carboxylic acids is 1. The molecule has 136 valence electrons. The predicted octanol–water partition coefficient (Wildman–Crippen LogP) is 0.155. The van der Waals surface area contributed by atoms with Crippen LogP contribution in [0.4, 0.5) is 0 Å². The van der Waals surface area contributed by atoms with Gasteiger partial charge in [0.15, 0.2) is 0 Å². The maximum absolute atomic E-state index is 12.4. The summed E-state index contributed by atoms with van der Waals surface area (Å²) in [6, 6.07) is 0.777. The van der Waals surface area contributed by atoms with Gasteiger partial charge in [0.1, 0.15) is 0 Å². The Labute approximate surface area is 144 Å². The second-order valence-corrected chi connectivity index (χ2v) is 7.92. The zero-order chi connectivity index (χ0) is 16.5. The smallest absolute Gasteiger partial charge is 0.225 e. The quantitative estimate of drug-likeness (QED) is 0.795. The molecule has 0 unspecified atom stereocenters. The summed E-state index contributed by atoms with van der Waals surface area (Å²) in [6.07, 6.45) is 5.28. The minimum atomic E-state index is -0.252. The van der Waals surface area contributed by atoms with Crippen LogP contribution in [0.3, 0.4) is 0 Å². The molecule has 1 amide bonds. The number of morpholine rings is 1. The van der Waals surface area contributed by atoms with Gasteiger partial charge in [0, 0.05) is 57.3 Å². The Morgan fingerprint density at radius 3 is 2.25 bits per heavy atom. The van der Waals surface area contributed by atoms with E-state index in [2.05, 4.69) is 14.7 Å². The number of nitrogens with zero attached hydrogens (tertiary/aromatic N) is 3. The van der Waals surface area contributed by atoms with Crippen LogP contribution in [0.25, 0.3) is 0 Å². The van der Waals surface area contributed by atoms with Gasteiger partial charge in [0.05, 0.1) is 19.3 Å². The molecule has 0 radical (unpaired) electrons. The first-order chi connectivity index (χ1) is 11.7. The number of amides is 1. The van der Waals surface area contributed by atoms with E-state index in [-0.39, 0.29) is 12.1 Å². The first kappa shape index (κ1) is 16.8. The number of likely N-dealkylation sites (tertiary alicyclic amines) is 2. The Morgan fingerprint density at radius 1 is 0.917 bits per heavy atom. The van der Waals surface area contributed by atoms with Crippen molar-refractivity contribution in [3.63, 3.8) is 0 Å². The molecular weight excluding hydrogens is 306 g/mol. The molecule has 0 spiro atoms. The highest BCUT2D eigenvalue weighted by Crippen LogP contribution is 2.30. The normalized spacial score (nSPS) is 34.5. The van der Waals surface area contributed by atoms with Gasteiger partial charge in [-0.2, -0.15) is 0 Å². The summed E-state index contributed by atoms with van der Waals surface area (Å²) in [5, 5.41) is 10.5. The molecule has 2 atom stereocenters. The molecule has 3 heterocycles. The third-order valence-electron chi connectivity index (χ3n) is 6.55. The SMILES string of the molecule is O=C(C1CCC1)N1CCC(N2C[C@H](O)[C@@H](N3CCOCC3)C2)CC1. The second-order valence-electron chi connectivity index (χ2n) is 7.92. The van der Waals surface area contributed by atoms with Crippen molar-refractivity contribution >= 4 is 5.91 Å². The molecule has 3 aliphatic heterocycles. The van der Waals surface area contributed by atoms with Gasteiger partial charge in [-0.1, -0.05) is 6.42 Å². The number of hydrogen-bond acceptors (Lipinski definition) is 5. The molecule has 0 aromatic carbocycles. The summed E-state index contributed by atoms with van der Waals surface area (Å²) in [5.74, 6) is 0.716. The van der Waals surface area contributed by atoms with Crippen molar-refractivity contribution in [3.05, 3.63) is 0 Å². The van der Waals surface area contributed by atoms with Crippen molar-refractivity contribution in [1.82, 2.24) is 14.7 Å². The highest BCUT2D eigenvalue weighted by Gasteiger charge is 2.40. The van der Waals surface area contributed by atoms with Crippen molar-refractivity contribution in [1.29, 1.82) is 0 Å². The maximum atomic E-state index is 12.4. The standard InChI is InChI=1S/C18H31N3O3/c22-17-13-21(12-16(17)19-8-10-24-11-9-19)15-4-6-20(7-5-15)18(23)14-2-1-3-14/h14-17,22H,1-13H2/t16-,17-/m0/s1. The molecule has 6 nitrogen and oxygen atoms in total. The minimum absolute atomic E-state index is 0.252. The zero-order valence-corrected chi connectivity index (χ0v) is 14.6. The number of ether oxygens (including phenoxy) is 1. The Balaban J connectivity index is 1.27. The van der Waals surface area contributed by atoms with E-state index in [0.717, 1.165) is 78.2 Å². The molecule has 3 saturated heterocycles. The van der Waals surface area contributed by atoms with Crippen molar-refractivity contribution in [2.45, 2.75) is 50.3 Å². The lowest BCUT2D eigenvalue weighted by molar-refractivity contribution is -0.139. The van der Waals surface area contributed by atoms with E-state index in [0.29, 0.717) is 17.9 Å². The monoisotopic (exact) mass is 337 g/mol. The van der Waals surface area contributed by atoms with Crippen LogP contribution in [0.2, 0.25) is 0 Å². The lowest BCUT2D eigenvalue weighted by Crippen LogP contribution is -2.50. The number of carbonyl (C=O) groups is 1. The number of aliphatic hydroxyl groups excluding tert-OH is 1. The van der Waals surface area contributed by atoms with E-state index >= 15 is 0 Å². The van der Waals surface area contributed by atoms with E-state index in [1.165, 1.54) is 6.42 Å². The minimum Gasteiger partial charge on any atom is -0.390 e. The van der Waals surface area contributed by atoms with E-state index in [9.17, 15) is 9.90 Å². The molecular formula is C18H31N3O3. The van der Waals surface area contributed by atoms with Gasteiger partial charge in [-0.05, 0) is 25.7 Å². The van der Waals surface area contributed by atoms with Gasteiger partial charge in [-0.15, -0.1) is 0 Å². The fourth-order valence-corrected chi connectivity index (χ4v) is 4.73. The molecule has 1 N–H and O–H groups in total. The summed E-state index contributed by atoms with van der Waals surface area (Å²) in [5.41, 5.74) is 0. The second kappa shape index (κ2) is 7.28. The molecule has 4 rings (SSSR count). The lowest BCUT2D eigenvalue weighted by Gasteiger charge is -2.39. The van der Waals surface area contributed by atoms with Crippen molar-refractivity contribution in [2.24, 2.45) is 5.92 Å². The first-order valence-corrected chi connectivity index (χ1v) is 9.75. The Kier molecular flexibility index (Phi) is 5.08. The average molecular weight is 337 g/mol.